The van der Waals surface area contributed by atoms with Crippen LogP contribution in [0.25, 0.3) is 0 Å². The molecule has 0 spiro atoms. The molecule has 1 aliphatic rings. The van der Waals surface area contributed by atoms with Crippen molar-refractivity contribution in [2.75, 3.05) is 19.7 Å². The Morgan fingerprint density at radius 2 is 2.00 bits per heavy atom. The first-order chi connectivity index (χ1) is 8.99. The predicted molar refractivity (Wildman–Crippen MR) is 77.1 cm³/mol. The van der Waals surface area contributed by atoms with Gasteiger partial charge in [-0.1, -0.05) is 20.3 Å². The van der Waals surface area contributed by atoms with Gasteiger partial charge in [-0.15, -0.1) is 0 Å². The van der Waals surface area contributed by atoms with Crippen LogP contribution in [0.3, 0.4) is 0 Å². The summed E-state index contributed by atoms with van der Waals surface area (Å²) in [6, 6.07) is 0. The number of hydrogen-bond acceptors (Lipinski definition) is 4. The molecule has 0 heterocycles. The van der Waals surface area contributed by atoms with Gasteiger partial charge in [0.05, 0.1) is 24.9 Å². The van der Waals surface area contributed by atoms with Gasteiger partial charge in [0.1, 0.15) is 0 Å². The monoisotopic (exact) mass is 273 g/mol. The molecule has 1 fully saturated rings. The van der Waals surface area contributed by atoms with Gasteiger partial charge in [-0.3, -0.25) is 0 Å². The second-order valence-corrected chi connectivity index (χ2v) is 6.34. The Morgan fingerprint density at radius 3 is 2.58 bits per heavy atom. The number of aliphatic hydroxyl groups is 2. The molecular weight excluding hydrogens is 242 g/mol. The van der Waals surface area contributed by atoms with E-state index in [0.29, 0.717) is 25.0 Å². The van der Waals surface area contributed by atoms with Gasteiger partial charge in [0, 0.05) is 13.1 Å². The summed E-state index contributed by atoms with van der Waals surface area (Å²) < 4.78 is 5.62. The van der Waals surface area contributed by atoms with E-state index in [1.807, 2.05) is 0 Å². The third-order valence-corrected chi connectivity index (χ3v) is 3.78. The summed E-state index contributed by atoms with van der Waals surface area (Å²) >= 11 is 0. The maximum atomic E-state index is 9.82. The van der Waals surface area contributed by atoms with Gasteiger partial charge in [-0.25, -0.2) is 0 Å². The van der Waals surface area contributed by atoms with Gasteiger partial charge in [0.15, 0.2) is 0 Å². The smallest absolute Gasteiger partial charge is 0.0897 e. The highest BCUT2D eigenvalue weighted by atomic mass is 16.5. The highest BCUT2D eigenvalue weighted by Crippen LogP contribution is 2.24. The van der Waals surface area contributed by atoms with Crippen LogP contribution in [0.4, 0.5) is 0 Å². The summed E-state index contributed by atoms with van der Waals surface area (Å²) in [5.41, 5.74) is 0. The summed E-state index contributed by atoms with van der Waals surface area (Å²) in [6.07, 6.45) is 3.73. The van der Waals surface area contributed by atoms with Crippen molar-refractivity contribution in [2.24, 2.45) is 11.8 Å². The van der Waals surface area contributed by atoms with E-state index in [2.05, 4.69) is 26.1 Å². The molecule has 4 unspecified atom stereocenters. The van der Waals surface area contributed by atoms with Crippen LogP contribution < -0.4 is 5.32 Å². The molecule has 114 valence electrons. The van der Waals surface area contributed by atoms with Crippen molar-refractivity contribution in [1.29, 1.82) is 0 Å². The van der Waals surface area contributed by atoms with E-state index >= 15 is 0 Å². The van der Waals surface area contributed by atoms with Gasteiger partial charge >= 0.3 is 0 Å². The van der Waals surface area contributed by atoms with Crippen LogP contribution in [0.15, 0.2) is 0 Å². The van der Waals surface area contributed by atoms with Crippen molar-refractivity contribution in [3.8, 4) is 0 Å². The molecular formula is C15H31NO3. The molecule has 19 heavy (non-hydrogen) atoms. The van der Waals surface area contributed by atoms with Crippen LogP contribution in [0, 0.1) is 11.8 Å². The van der Waals surface area contributed by atoms with Crippen molar-refractivity contribution in [1.82, 2.24) is 5.32 Å². The lowest BCUT2D eigenvalue weighted by molar-refractivity contribution is -0.00905. The lowest BCUT2D eigenvalue weighted by Gasteiger charge is -2.20. The molecule has 0 radical (unpaired) electrons. The number of rotatable bonds is 9. The van der Waals surface area contributed by atoms with Gasteiger partial charge < -0.3 is 20.3 Å². The van der Waals surface area contributed by atoms with E-state index in [1.54, 1.807) is 0 Å². The van der Waals surface area contributed by atoms with Crippen LogP contribution in [-0.4, -0.2) is 48.2 Å². The Hall–Kier alpha value is -0.160. The Morgan fingerprint density at radius 1 is 1.26 bits per heavy atom. The largest absolute Gasteiger partial charge is 0.393 e. The van der Waals surface area contributed by atoms with Crippen LogP contribution in [0.1, 0.15) is 46.5 Å². The molecule has 4 nitrogen and oxygen atoms in total. The van der Waals surface area contributed by atoms with Crippen LogP contribution in [0.2, 0.25) is 0 Å². The van der Waals surface area contributed by atoms with Gasteiger partial charge in [-0.05, 0) is 38.0 Å². The molecule has 4 heteroatoms. The average molecular weight is 273 g/mol. The zero-order chi connectivity index (χ0) is 14.3. The fraction of sp³-hybridized carbons (Fsp3) is 1.00. The van der Waals surface area contributed by atoms with Gasteiger partial charge in [-0.2, -0.15) is 0 Å². The third kappa shape index (κ3) is 7.25. The van der Waals surface area contributed by atoms with E-state index in [9.17, 15) is 10.2 Å². The summed E-state index contributed by atoms with van der Waals surface area (Å²) in [7, 11) is 0. The molecule has 1 rings (SSSR count). The molecule has 0 saturated heterocycles. The first-order valence-electron chi connectivity index (χ1n) is 7.67. The lowest BCUT2D eigenvalue weighted by atomic mass is 10.1. The molecule has 4 atom stereocenters. The van der Waals surface area contributed by atoms with Crippen LogP contribution >= 0.6 is 0 Å². The third-order valence-electron chi connectivity index (χ3n) is 3.78. The number of nitrogens with one attached hydrogen (secondary N) is 1. The lowest BCUT2D eigenvalue weighted by Crippen LogP contribution is -2.36. The zero-order valence-electron chi connectivity index (χ0n) is 12.6. The minimum absolute atomic E-state index is 0.160. The van der Waals surface area contributed by atoms with Crippen molar-refractivity contribution in [3.63, 3.8) is 0 Å². The molecule has 3 N–H and O–H groups in total. The normalized spacial score (nSPS) is 26.8. The summed E-state index contributed by atoms with van der Waals surface area (Å²) in [5.74, 6) is 0.974. The number of ether oxygens (including phenoxy) is 1. The second-order valence-electron chi connectivity index (χ2n) is 6.34. The minimum atomic E-state index is -0.465. The molecule has 1 aliphatic carbocycles. The molecule has 0 bridgehead atoms. The van der Waals surface area contributed by atoms with Crippen LogP contribution in [0.5, 0.6) is 0 Å². The predicted octanol–water partition coefficient (Wildman–Crippen LogP) is 1.55. The van der Waals surface area contributed by atoms with E-state index in [0.717, 1.165) is 32.2 Å². The minimum Gasteiger partial charge on any atom is -0.393 e. The maximum Gasteiger partial charge on any atom is 0.0897 e. The Kier molecular flexibility index (Phi) is 7.91. The quantitative estimate of drug-likeness (QED) is 0.596. The molecule has 0 aliphatic heterocycles. The Balaban J connectivity index is 2.02. The van der Waals surface area contributed by atoms with E-state index < -0.39 is 6.10 Å². The van der Waals surface area contributed by atoms with Gasteiger partial charge in [0.25, 0.3) is 0 Å². The summed E-state index contributed by atoms with van der Waals surface area (Å²) in [6.45, 7) is 8.11. The molecule has 0 aromatic heterocycles. The molecule has 0 amide bonds. The fourth-order valence-corrected chi connectivity index (χ4v) is 2.76. The maximum absolute atomic E-state index is 9.82. The Bertz CT molecular complexity index is 235. The first kappa shape index (κ1) is 16.9. The van der Waals surface area contributed by atoms with Gasteiger partial charge in [0.2, 0.25) is 0 Å². The molecule has 1 saturated carbocycles. The highest BCUT2D eigenvalue weighted by Gasteiger charge is 2.24. The van der Waals surface area contributed by atoms with Crippen molar-refractivity contribution >= 4 is 0 Å². The van der Waals surface area contributed by atoms with E-state index in [-0.39, 0.29) is 12.2 Å². The van der Waals surface area contributed by atoms with Crippen molar-refractivity contribution in [2.45, 2.75) is 64.8 Å². The summed E-state index contributed by atoms with van der Waals surface area (Å²) in [4.78, 5) is 0. The SMILES string of the molecule is CC(C)CC(C)OCC(O)CNCC1CCCC1O. The highest BCUT2D eigenvalue weighted by molar-refractivity contribution is 4.78. The standard InChI is InChI=1S/C15H31NO3/c1-11(2)7-12(3)19-10-14(17)9-16-8-13-5-4-6-15(13)18/h11-18H,4-10H2,1-3H3. The number of aliphatic hydroxyl groups excluding tert-OH is 2. The van der Waals surface area contributed by atoms with E-state index in [1.165, 1.54) is 0 Å². The van der Waals surface area contributed by atoms with Crippen molar-refractivity contribution < 1.29 is 14.9 Å². The first-order valence-corrected chi connectivity index (χ1v) is 7.67. The Labute approximate surface area is 117 Å². The van der Waals surface area contributed by atoms with Crippen LogP contribution in [-0.2, 0) is 4.74 Å². The average Bonchev–Trinajstić information content (AvgIpc) is 2.72. The second kappa shape index (κ2) is 8.90. The molecule has 0 aromatic carbocycles. The number of hydrogen-bond donors (Lipinski definition) is 3. The zero-order valence-corrected chi connectivity index (χ0v) is 12.6. The fourth-order valence-electron chi connectivity index (χ4n) is 2.76. The van der Waals surface area contributed by atoms with Crippen molar-refractivity contribution in [3.05, 3.63) is 0 Å². The summed E-state index contributed by atoms with van der Waals surface area (Å²) in [5, 5.41) is 22.7. The molecule has 0 aromatic rings. The topological polar surface area (TPSA) is 61.7 Å². The van der Waals surface area contributed by atoms with E-state index in [4.69, 9.17) is 4.74 Å².